The van der Waals surface area contributed by atoms with Gasteiger partial charge in [-0.05, 0) is 18.4 Å². The van der Waals surface area contributed by atoms with Crippen LogP contribution in [-0.4, -0.2) is 21.2 Å². The Hall–Kier alpha value is -2.60. The molecule has 4 rings (SSSR count). The van der Waals surface area contributed by atoms with Gasteiger partial charge >= 0.3 is 0 Å². The number of anilines is 1. The van der Waals surface area contributed by atoms with E-state index in [0.717, 1.165) is 16.5 Å². The first-order chi connectivity index (χ1) is 12.1. The van der Waals surface area contributed by atoms with Gasteiger partial charge in [-0.2, -0.15) is 0 Å². The summed E-state index contributed by atoms with van der Waals surface area (Å²) in [4.78, 5) is 29.3. The fourth-order valence-corrected chi connectivity index (χ4v) is 4.08. The van der Waals surface area contributed by atoms with E-state index in [0.29, 0.717) is 23.0 Å². The molecule has 5 nitrogen and oxygen atoms in total. The number of carbonyl (C=O) groups excluding carboxylic acids is 1. The molecule has 1 amide bonds. The summed E-state index contributed by atoms with van der Waals surface area (Å²) in [6, 6.07) is 13.8. The second-order valence-electron chi connectivity index (χ2n) is 6.16. The van der Waals surface area contributed by atoms with Crippen LogP contribution in [0.5, 0.6) is 0 Å². The number of aromatic nitrogens is 2. The molecular formula is C19H17N3O2S. The van der Waals surface area contributed by atoms with E-state index in [1.54, 1.807) is 17.7 Å². The van der Waals surface area contributed by atoms with E-state index in [1.807, 2.05) is 42.5 Å². The number of benzene rings is 2. The molecule has 2 aromatic carbocycles. The molecule has 3 aromatic rings. The van der Waals surface area contributed by atoms with Crippen LogP contribution in [0.3, 0.4) is 0 Å². The first-order valence-corrected chi connectivity index (χ1v) is 9.10. The molecule has 1 atom stereocenters. The van der Waals surface area contributed by atoms with E-state index >= 15 is 0 Å². The Balaban J connectivity index is 1.60. The van der Waals surface area contributed by atoms with Crippen molar-refractivity contribution in [3.8, 4) is 0 Å². The quantitative estimate of drug-likeness (QED) is 0.721. The van der Waals surface area contributed by atoms with Gasteiger partial charge in [-0.15, -0.1) is 0 Å². The number of amides is 1. The molecule has 2 heterocycles. The Morgan fingerprint density at radius 1 is 1.24 bits per heavy atom. The number of aryl methyl sites for hydroxylation is 1. The summed E-state index contributed by atoms with van der Waals surface area (Å²) in [6.07, 6.45) is 1.59. The largest absolute Gasteiger partial charge is 0.325 e. The van der Waals surface area contributed by atoms with E-state index in [4.69, 9.17) is 0 Å². The van der Waals surface area contributed by atoms with Crippen molar-refractivity contribution in [1.29, 1.82) is 0 Å². The molecule has 0 spiro atoms. The number of hydrogen-bond acceptors (Lipinski definition) is 4. The Kier molecular flexibility index (Phi) is 4.05. The lowest BCUT2D eigenvalue weighted by molar-refractivity contribution is -0.119. The number of carbonyl (C=O) groups is 1. The van der Waals surface area contributed by atoms with Crippen molar-refractivity contribution in [2.75, 3.05) is 11.1 Å². The minimum absolute atomic E-state index is 0.0668. The average Bonchev–Trinajstić information content (AvgIpc) is 2.65. The highest BCUT2D eigenvalue weighted by atomic mass is 32.2. The molecule has 1 unspecified atom stereocenters. The number of fused-ring (bicyclic) bond motifs is 2. The van der Waals surface area contributed by atoms with Crippen LogP contribution < -0.4 is 10.9 Å². The van der Waals surface area contributed by atoms with Gasteiger partial charge in [0.2, 0.25) is 5.91 Å². The molecular weight excluding hydrogens is 334 g/mol. The second kappa shape index (κ2) is 6.37. The third-order valence-electron chi connectivity index (χ3n) is 4.42. The molecule has 1 aliphatic rings. The zero-order valence-electron chi connectivity index (χ0n) is 13.7. The maximum Gasteiger partial charge on any atom is 0.257 e. The predicted octanol–water partition coefficient (Wildman–Crippen LogP) is 3.07. The Bertz CT molecular complexity index is 1020. The molecule has 0 saturated heterocycles. The molecule has 0 bridgehead atoms. The van der Waals surface area contributed by atoms with Crippen molar-refractivity contribution in [1.82, 2.24) is 9.55 Å². The summed E-state index contributed by atoms with van der Waals surface area (Å²) in [5, 5.41) is 5.81. The van der Waals surface area contributed by atoms with Crippen LogP contribution >= 0.6 is 11.8 Å². The summed E-state index contributed by atoms with van der Waals surface area (Å²) in [5.74, 6) is 0.284. The minimum atomic E-state index is -0.266. The number of thioether (sulfide) groups is 1. The minimum Gasteiger partial charge on any atom is -0.325 e. The summed E-state index contributed by atoms with van der Waals surface area (Å²) in [7, 11) is 0. The Labute approximate surface area is 149 Å². The van der Waals surface area contributed by atoms with Crippen LogP contribution in [0.2, 0.25) is 0 Å². The highest BCUT2D eigenvalue weighted by Crippen LogP contribution is 2.27. The van der Waals surface area contributed by atoms with Crippen molar-refractivity contribution in [2.24, 2.45) is 5.92 Å². The third-order valence-corrected chi connectivity index (χ3v) is 5.57. The van der Waals surface area contributed by atoms with Gasteiger partial charge in [0.15, 0.2) is 5.16 Å². The first kappa shape index (κ1) is 15.9. The van der Waals surface area contributed by atoms with Gasteiger partial charge < -0.3 is 5.32 Å². The molecule has 1 aromatic heterocycles. The maximum absolute atomic E-state index is 12.8. The van der Waals surface area contributed by atoms with E-state index in [9.17, 15) is 9.59 Å². The Morgan fingerprint density at radius 3 is 2.92 bits per heavy atom. The number of nitrogens with one attached hydrogen (secondary N) is 1. The van der Waals surface area contributed by atoms with E-state index < -0.39 is 0 Å². The summed E-state index contributed by atoms with van der Waals surface area (Å²) in [6.45, 7) is 2.11. The summed E-state index contributed by atoms with van der Waals surface area (Å²) >= 11 is 1.45. The normalized spacial score (nSPS) is 16.4. The SMILES string of the molecule is Cc1cnc2n(c1=O)CC(C(=O)Nc1cccc3ccccc13)CS2. The van der Waals surface area contributed by atoms with Crippen molar-refractivity contribution < 1.29 is 4.79 Å². The smallest absolute Gasteiger partial charge is 0.257 e. The van der Waals surface area contributed by atoms with Crippen molar-refractivity contribution in [2.45, 2.75) is 18.6 Å². The maximum atomic E-state index is 12.8. The van der Waals surface area contributed by atoms with Crippen LogP contribution in [0.25, 0.3) is 10.8 Å². The predicted molar refractivity (Wildman–Crippen MR) is 100 cm³/mol. The van der Waals surface area contributed by atoms with Crippen molar-refractivity contribution in [3.63, 3.8) is 0 Å². The zero-order valence-corrected chi connectivity index (χ0v) is 14.5. The van der Waals surface area contributed by atoms with Gasteiger partial charge in [-0.3, -0.25) is 14.2 Å². The van der Waals surface area contributed by atoms with Gasteiger partial charge in [-0.25, -0.2) is 4.98 Å². The lowest BCUT2D eigenvalue weighted by atomic mass is 10.1. The lowest BCUT2D eigenvalue weighted by Gasteiger charge is -2.24. The highest BCUT2D eigenvalue weighted by Gasteiger charge is 2.27. The number of hydrogen-bond donors (Lipinski definition) is 1. The van der Waals surface area contributed by atoms with E-state index in [2.05, 4.69) is 10.3 Å². The standard InChI is InChI=1S/C19H17N3O2S/c1-12-9-20-19-22(18(12)24)10-14(11-25-19)17(23)21-16-8-4-6-13-5-2-3-7-15(13)16/h2-9,14H,10-11H2,1H3,(H,21,23). The topological polar surface area (TPSA) is 64.0 Å². The molecule has 0 fully saturated rings. The van der Waals surface area contributed by atoms with E-state index in [1.165, 1.54) is 11.8 Å². The lowest BCUT2D eigenvalue weighted by Crippen LogP contribution is -2.37. The molecule has 126 valence electrons. The number of nitrogens with zero attached hydrogens (tertiary/aromatic N) is 2. The summed E-state index contributed by atoms with van der Waals surface area (Å²) in [5.41, 5.74) is 1.33. The van der Waals surface area contributed by atoms with Crippen LogP contribution in [0.15, 0.2) is 58.6 Å². The van der Waals surface area contributed by atoms with Crippen molar-refractivity contribution >= 4 is 34.1 Å². The average molecular weight is 351 g/mol. The Morgan fingerprint density at radius 2 is 2.04 bits per heavy atom. The highest BCUT2D eigenvalue weighted by molar-refractivity contribution is 7.99. The third kappa shape index (κ3) is 2.93. The van der Waals surface area contributed by atoms with Crippen molar-refractivity contribution in [3.05, 3.63) is 64.6 Å². The van der Waals surface area contributed by atoms with Gasteiger partial charge in [0, 0.05) is 35.1 Å². The monoisotopic (exact) mass is 351 g/mol. The van der Waals surface area contributed by atoms with Crippen LogP contribution in [0, 0.1) is 12.8 Å². The van der Waals surface area contributed by atoms with Crippen LogP contribution in [0.4, 0.5) is 5.69 Å². The van der Waals surface area contributed by atoms with Gasteiger partial charge in [0.05, 0.1) is 5.92 Å². The summed E-state index contributed by atoms with van der Waals surface area (Å²) < 4.78 is 1.61. The zero-order chi connectivity index (χ0) is 17.4. The molecule has 0 radical (unpaired) electrons. The van der Waals surface area contributed by atoms with E-state index in [-0.39, 0.29) is 17.4 Å². The van der Waals surface area contributed by atoms with Gasteiger partial charge in [0.1, 0.15) is 0 Å². The first-order valence-electron chi connectivity index (χ1n) is 8.11. The molecule has 0 saturated carbocycles. The second-order valence-corrected chi connectivity index (χ2v) is 7.15. The molecule has 1 N–H and O–H groups in total. The molecule has 1 aliphatic heterocycles. The van der Waals surface area contributed by atoms with Gasteiger partial charge in [-0.1, -0.05) is 48.2 Å². The van der Waals surface area contributed by atoms with Crippen LogP contribution in [-0.2, 0) is 11.3 Å². The molecule has 25 heavy (non-hydrogen) atoms. The van der Waals surface area contributed by atoms with Crippen LogP contribution in [0.1, 0.15) is 5.56 Å². The number of rotatable bonds is 2. The fourth-order valence-electron chi connectivity index (χ4n) is 3.03. The molecule has 0 aliphatic carbocycles. The van der Waals surface area contributed by atoms with Gasteiger partial charge in [0.25, 0.3) is 5.56 Å². The molecule has 6 heteroatoms. The fraction of sp³-hybridized carbons (Fsp3) is 0.211.